The Morgan fingerprint density at radius 3 is 2.94 bits per heavy atom. The number of halogens is 1. The number of aromatic nitrogens is 2. The molecule has 0 spiro atoms. The van der Waals surface area contributed by atoms with Gasteiger partial charge < -0.3 is 9.73 Å². The summed E-state index contributed by atoms with van der Waals surface area (Å²) < 4.78 is 6.67. The van der Waals surface area contributed by atoms with E-state index in [0.29, 0.717) is 11.8 Å². The van der Waals surface area contributed by atoms with E-state index in [-0.39, 0.29) is 0 Å². The van der Waals surface area contributed by atoms with E-state index < -0.39 is 0 Å². The third-order valence-electron chi connectivity index (χ3n) is 2.87. The van der Waals surface area contributed by atoms with Gasteiger partial charge in [0.15, 0.2) is 0 Å². The largest absolute Gasteiger partial charge is 0.421 e. The fourth-order valence-corrected chi connectivity index (χ4v) is 2.21. The highest BCUT2D eigenvalue weighted by Crippen LogP contribution is 2.22. The van der Waals surface area contributed by atoms with Crippen LogP contribution in [0.1, 0.15) is 5.89 Å². The summed E-state index contributed by atoms with van der Waals surface area (Å²) in [7, 11) is 0. The minimum Gasteiger partial charge on any atom is -0.421 e. The summed E-state index contributed by atoms with van der Waals surface area (Å²) in [4.78, 5) is 0. The van der Waals surface area contributed by atoms with E-state index >= 15 is 0 Å². The van der Waals surface area contributed by atoms with Crippen LogP contribution in [0.25, 0.3) is 11.5 Å². The van der Waals surface area contributed by atoms with Gasteiger partial charge in [0, 0.05) is 16.5 Å². The predicted octanol–water partition coefficient (Wildman–Crippen LogP) is 2.26. The minimum absolute atomic E-state index is 0.591. The van der Waals surface area contributed by atoms with Crippen LogP contribution in [-0.4, -0.2) is 23.3 Å². The molecule has 1 aliphatic rings. The van der Waals surface area contributed by atoms with E-state index in [1.807, 2.05) is 24.3 Å². The Bertz CT molecular complexity index is 522. The van der Waals surface area contributed by atoms with Crippen molar-refractivity contribution in [2.24, 2.45) is 5.92 Å². The van der Waals surface area contributed by atoms with Gasteiger partial charge in [-0.15, -0.1) is 10.2 Å². The summed E-state index contributed by atoms with van der Waals surface area (Å²) in [6.07, 6.45) is 0.869. The maximum atomic E-state index is 5.66. The van der Waals surface area contributed by atoms with Crippen molar-refractivity contribution < 1.29 is 4.42 Å². The van der Waals surface area contributed by atoms with Crippen LogP contribution in [0.3, 0.4) is 0 Å². The smallest absolute Gasteiger partial charge is 0.247 e. The van der Waals surface area contributed by atoms with Crippen molar-refractivity contribution >= 4 is 15.9 Å². The van der Waals surface area contributed by atoms with Gasteiger partial charge in [-0.25, -0.2) is 0 Å². The van der Waals surface area contributed by atoms with Gasteiger partial charge in [-0.05, 0) is 37.2 Å². The molecular formula is C12H12BrN3O. The zero-order valence-electron chi connectivity index (χ0n) is 9.19. The highest BCUT2D eigenvalue weighted by molar-refractivity contribution is 9.10. The molecule has 2 aromatic rings. The first-order valence-electron chi connectivity index (χ1n) is 5.60. The van der Waals surface area contributed by atoms with Crippen molar-refractivity contribution in [3.8, 4) is 11.5 Å². The second-order valence-corrected chi connectivity index (χ2v) is 5.16. The molecule has 1 fully saturated rings. The van der Waals surface area contributed by atoms with Crippen molar-refractivity contribution in [1.29, 1.82) is 0 Å². The summed E-state index contributed by atoms with van der Waals surface area (Å²) in [6.45, 7) is 2.10. The Balaban J connectivity index is 1.79. The standard InChI is InChI=1S/C12H12BrN3O/c13-10-3-1-2-9(5-10)12-16-15-11(17-12)4-8-6-14-7-8/h1-3,5,8,14H,4,6-7H2. The molecule has 0 amide bonds. The average molecular weight is 294 g/mol. The minimum atomic E-state index is 0.591. The van der Waals surface area contributed by atoms with Crippen molar-refractivity contribution in [2.75, 3.05) is 13.1 Å². The Morgan fingerprint density at radius 1 is 1.35 bits per heavy atom. The highest BCUT2D eigenvalue weighted by atomic mass is 79.9. The van der Waals surface area contributed by atoms with Crippen molar-refractivity contribution in [3.05, 3.63) is 34.6 Å². The molecule has 0 unspecified atom stereocenters. The monoisotopic (exact) mass is 293 g/mol. The first-order chi connectivity index (χ1) is 8.31. The first kappa shape index (κ1) is 10.9. The fraction of sp³-hybridized carbons (Fsp3) is 0.333. The summed E-state index contributed by atoms with van der Waals surface area (Å²) in [5, 5.41) is 11.4. The number of benzene rings is 1. The molecule has 2 heterocycles. The predicted molar refractivity (Wildman–Crippen MR) is 67.5 cm³/mol. The molecular weight excluding hydrogens is 282 g/mol. The molecule has 3 rings (SSSR count). The Kier molecular flexibility index (Phi) is 2.94. The lowest BCUT2D eigenvalue weighted by atomic mass is 10.00. The van der Waals surface area contributed by atoms with Gasteiger partial charge in [0.05, 0.1) is 0 Å². The lowest BCUT2D eigenvalue weighted by molar-refractivity contribution is 0.319. The van der Waals surface area contributed by atoms with Crippen LogP contribution in [0.2, 0.25) is 0 Å². The third-order valence-corrected chi connectivity index (χ3v) is 3.36. The first-order valence-corrected chi connectivity index (χ1v) is 6.39. The van der Waals surface area contributed by atoms with E-state index in [2.05, 4.69) is 31.4 Å². The lowest BCUT2D eigenvalue weighted by Crippen LogP contribution is -2.43. The normalized spacial score (nSPS) is 15.8. The summed E-state index contributed by atoms with van der Waals surface area (Å²) in [5.41, 5.74) is 0.949. The maximum Gasteiger partial charge on any atom is 0.247 e. The molecule has 1 saturated heterocycles. The molecule has 1 aromatic carbocycles. The summed E-state index contributed by atoms with van der Waals surface area (Å²) >= 11 is 3.43. The zero-order valence-corrected chi connectivity index (χ0v) is 10.8. The molecule has 88 valence electrons. The Labute approximate surface area is 108 Å². The number of nitrogens with one attached hydrogen (secondary N) is 1. The van der Waals surface area contributed by atoms with Crippen molar-refractivity contribution in [3.63, 3.8) is 0 Å². The van der Waals surface area contributed by atoms with Crippen LogP contribution in [0.5, 0.6) is 0 Å². The molecule has 0 aliphatic carbocycles. The van der Waals surface area contributed by atoms with Crippen LogP contribution in [0, 0.1) is 5.92 Å². The van der Waals surface area contributed by atoms with Crippen LogP contribution in [0.4, 0.5) is 0 Å². The van der Waals surface area contributed by atoms with E-state index in [1.54, 1.807) is 0 Å². The highest BCUT2D eigenvalue weighted by Gasteiger charge is 2.20. The van der Waals surface area contributed by atoms with E-state index in [0.717, 1.165) is 35.4 Å². The van der Waals surface area contributed by atoms with Gasteiger partial charge in [-0.1, -0.05) is 22.0 Å². The molecule has 17 heavy (non-hydrogen) atoms. The van der Waals surface area contributed by atoms with Gasteiger partial charge >= 0.3 is 0 Å². The van der Waals surface area contributed by atoms with E-state index in [9.17, 15) is 0 Å². The zero-order chi connectivity index (χ0) is 11.7. The molecule has 0 bridgehead atoms. The van der Waals surface area contributed by atoms with E-state index in [1.165, 1.54) is 0 Å². The second kappa shape index (κ2) is 4.58. The van der Waals surface area contributed by atoms with Crippen LogP contribution in [-0.2, 0) is 6.42 Å². The van der Waals surface area contributed by atoms with Crippen LogP contribution < -0.4 is 5.32 Å². The Morgan fingerprint density at radius 2 is 2.24 bits per heavy atom. The number of hydrogen-bond donors (Lipinski definition) is 1. The molecule has 1 aromatic heterocycles. The molecule has 0 saturated carbocycles. The van der Waals surface area contributed by atoms with Gasteiger partial charge in [0.2, 0.25) is 11.8 Å². The molecule has 0 radical (unpaired) electrons. The molecule has 1 aliphatic heterocycles. The van der Waals surface area contributed by atoms with Gasteiger partial charge in [0.25, 0.3) is 0 Å². The van der Waals surface area contributed by atoms with Gasteiger partial charge in [-0.3, -0.25) is 0 Å². The average Bonchev–Trinajstić information content (AvgIpc) is 2.72. The molecule has 0 atom stereocenters. The van der Waals surface area contributed by atoms with Gasteiger partial charge in [0.1, 0.15) is 0 Å². The summed E-state index contributed by atoms with van der Waals surface area (Å²) in [6, 6.07) is 7.87. The van der Waals surface area contributed by atoms with Crippen molar-refractivity contribution in [1.82, 2.24) is 15.5 Å². The number of nitrogens with zero attached hydrogens (tertiary/aromatic N) is 2. The van der Waals surface area contributed by atoms with Gasteiger partial charge in [-0.2, -0.15) is 0 Å². The fourth-order valence-electron chi connectivity index (χ4n) is 1.81. The number of rotatable bonds is 3. The molecule has 5 heteroatoms. The topological polar surface area (TPSA) is 51.0 Å². The quantitative estimate of drug-likeness (QED) is 0.943. The molecule has 4 nitrogen and oxygen atoms in total. The Hall–Kier alpha value is -1.20. The summed E-state index contributed by atoms with van der Waals surface area (Å²) in [5.74, 6) is 1.96. The lowest BCUT2D eigenvalue weighted by Gasteiger charge is -2.25. The maximum absolute atomic E-state index is 5.66. The second-order valence-electron chi connectivity index (χ2n) is 4.24. The van der Waals surface area contributed by atoms with Crippen LogP contribution >= 0.6 is 15.9 Å². The third kappa shape index (κ3) is 2.40. The van der Waals surface area contributed by atoms with E-state index in [4.69, 9.17) is 4.42 Å². The number of hydrogen-bond acceptors (Lipinski definition) is 4. The molecule has 1 N–H and O–H groups in total. The SMILES string of the molecule is Brc1cccc(-c2nnc(CC3CNC3)o2)c1. The van der Waals surface area contributed by atoms with Crippen molar-refractivity contribution in [2.45, 2.75) is 6.42 Å². The van der Waals surface area contributed by atoms with Crippen LogP contribution in [0.15, 0.2) is 33.2 Å².